The number of nitrogens with zero attached hydrogens (tertiary/aromatic N) is 1. The molecule has 0 aliphatic heterocycles. The molecule has 7 heteroatoms. The van der Waals surface area contributed by atoms with E-state index in [4.69, 9.17) is 4.74 Å². The fraction of sp³-hybridized carbons (Fsp3) is 0.400. The highest BCUT2D eigenvalue weighted by atomic mass is 16.5. The first-order chi connectivity index (χ1) is 15.3. The Morgan fingerprint density at radius 1 is 0.938 bits per heavy atom. The van der Waals surface area contributed by atoms with Gasteiger partial charge in [-0.15, -0.1) is 0 Å². The zero-order valence-electron chi connectivity index (χ0n) is 18.8. The Hall–Kier alpha value is -3.19. The lowest BCUT2D eigenvalue weighted by Crippen LogP contribution is -2.52. The van der Waals surface area contributed by atoms with Gasteiger partial charge in [-0.2, -0.15) is 0 Å². The molecule has 1 N–H and O–H groups in total. The van der Waals surface area contributed by atoms with Crippen LogP contribution < -0.4 is 0 Å². The predicted molar refractivity (Wildman–Crippen MR) is 119 cm³/mol. The van der Waals surface area contributed by atoms with Gasteiger partial charge in [0.05, 0.1) is 13.2 Å². The normalized spacial score (nSPS) is 13.5. The smallest absolute Gasteiger partial charge is 0.331 e. The quantitative estimate of drug-likeness (QED) is 0.539. The highest BCUT2D eigenvalue weighted by molar-refractivity contribution is 5.86. The number of carbonyl (C=O) groups is 3. The van der Waals surface area contributed by atoms with E-state index in [2.05, 4.69) is 4.74 Å². The van der Waals surface area contributed by atoms with Crippen molar-refractivity contribution in [2.75, 3.05) is 7.11 Å². The number of rotatable bonds is 11. The fourth-order valence-corrected chi connectivity index (χ4v) is 3.34. The van der Waals surface area contributed by atoms with Gasteiger partial charge >= 0.3 is 11.9 Å². The maximum absolute atomic E-state index is 13.3. The molecule has 0 saturated heterocycles. The van der Waals surface area contributed by atoms with Crippen molar-refractivity contribution in [1.82, 2.24) is 4.90 Å². The van der Waals surface area contributed by atoms with Gasteiger partial charge in [0.25, 0.3) is 0 Å². The average Bonchev–Trinajstić information content (AvgIpc) is 2.81. The summed E-state index contributed by atoms with van der Waals surface area (Å²) in [4.78, 5) is 39.2. The van der Waals surface area contributed by atoms with E-state index in [1.54, 1.807) is 6.92 Å². The summed E-state index contributed by atoms with van der Waals surface area (Å²) in [5, 5.41) is 10.4. The number of aliphatic hydroxyl groups excluding tert-OH is 1. The summed E-state index contributed by atoms with van der Waals surface area (Å²) in [5.41, 5.74) is 1.61. The van der Waals surface area contributed by atoms with Crippen LogP contribution in [-0.4, -0.2) is 47.1 Å². The minimum Gasteiger partial charge on any atom is -0.469 e. The summed E-state index contributed by atoms with van der Waals surface area (Å²) >= 11 is 0. The van der Waals surface area contributed by atoms with Crippen LogP contribution in [0, 0.1) is 5.92 Å². The van der Waals surface area contributed by atoms with Crippen molar-refractivity contribution in [2.45, 2.75) is 52.0 Å². The molecular weight excluding hydrogens is 410 g/mol. The minimum absolute atomic E-state index is 0.0359. The lowest BCUT2D eigenvalue weighted by Gasteiger charge is -2.34. The van der Waals surface area contributed by atoms with Crippen molar-refractivity contribution in [3.8, 4) is 0 Å². The third-order valence-corrected chi connectivity index (χ3v) is 5.17. The average molecular weight is 442 g/mol. The first kappa shape index (κ1) is 25.1. The molecule has 0 aliphatic rings. The van der Waals surface area contributed by atoms with Crippen LogP contribution in [-0.2, 0) is 37.0 Å². The van der Waals surface area contributed by atoms with E-state index >= 15 is 0 Å². The monoisotopic (exact) mass is 441 g/mol. The van der Waals surface area contributed by atoms with E-state index < -0.39 is 30.0 Å². The third kappa shape index (κ3) is 7.50. The molecular formula is C25H31NO6. The van der Waals surface area contributed by atoms with Crippen molar-refractivity contribution < 1.29 is 29.0 Å². The van der Waals surface area contributed by atoms with Crippen molar-refractivity contribution in [3.05, 3.63) is 71.8 Å². The second-order valence-electron chi connectivity index (χ2n) is 7.75. The van der Waals surface area contributed by atoms with Crippen LogP contribution in [0.25, 0.3) is 0 Å². The molecule has 172 valence electrons. The van der Waals surface area contributed by atoms with Gasteiger partial charge in [-0.05, 0) is 24.5 Å². The first-order valence-electron chi connectivity index (χ1n) is 10.6. The molecule has 0 spiro atoms. The van der Waals surface area contributed by atoms with Crippen LogP contribution in [0.4, 0.5) is 0 Å². The summed E-state index contributed by atoms with van der Waals surface area (Å²) in [6.45, 7) is 3.31. The Morgan fingerprint density at radius 3 is 2.03 bits per heavy atom. The first-order valence-corrected chi connectivity index (χ1v) is 10.6. The second-order valence-corrected chi connectivity index (χ2v) is 7.75. The SMILES string of the molecule is COC(=O)CCC(C)C(=O)N(Cc1ccccc1)[C@H](C(=O)OCc1ccccc1)[C@@H](C)O. The number of benzene rings is 2. The summed E-state index contributed by atoms with van der Waals surface area (Å²) in [5.74, 6) is -2.00. The molecule has 2 aromatic rings. The molecule has 0 radical (unpaired) electrons. The Morgan fingerprint density at radius 2 is 1.50 bits per heavy atom. The zero-order chi connectivity index (χ0) is 23.5. The van der Waals surface area contributed by atoms with Crippen LogP contribution in [0.15, 0.2) is 60.7 Å². The van der Waals surface area contributed by atoms with Crippen molar-refractivity contribution in [3.63, 3.8) is 0 Å². The van der Waals surface area contributed by atoms with Gasteiger partial charge < -0.3 is 19.5 Å². The van der Waals surface area contributed by atoms with Gasteiger partial charge in [-0.1, -0.05) is 67.6 Å². The van der Waals surface area contributed by atoms with Crippen LogP contribution in [0.3, 0.4) is 0 Å². The highest BCUT2D eigenvalue weighted by Crippen LogP contribution is 2.20. The number of aliphatic hydroxyl groups is 1. The Labute approximate surface area is 188 Å². The van der Waals surface area contributed by atoms with Gasteiger partial charge in [-0.25, -0.2) is 4.79 Å². The molecule has 0 bridgehead atoms. The van der Waals surface area contributed by atoms with Gasteiger partial charge in [0, 0.05) is 18.9 Å². The number of hydrogen-bond acceptors (Lipinski definition) is 6. The maximum Gasteiger partial charge on any atom is 0.331 e. The Kier molecular flexibility index (Phi) is 9.88. The minimum atomic E-state index is -1.19. The van der Waals surface area contributed by atoms with E-state index in [0.29, 0.717) is 0 Å². The topological polar surface area (TPSA) is 93.1 Å². The molecule has 1 amide bonds. The molecule has 2 rings (SSSR count). The van der Waals surface area contributed by atoms with E-state index in [1.165, 1.54) is 18.9 Å². The molecule has 7 nitrogen and oxygen atoms in total. The van der Waals surface area contributed by atoms with Gasteiger partial charge in [-0.3, -0.25) is 9.59 Å². The molecule has 2 aromatic carbocycles. The molecule has 0 aromatic heterocycles. The highest BCUT2D eigenvalue weighted by Gasteiger charge is 2.37. The molecule has 0 fully saturated rings. The third-order valence-electron chi connectivity index (χ3n) is 5.17. The number of carbonyl (C=O) groups excluding carboxylic acids is 3. The Bertz CT molecular complexity index is 869. The Balaban J connectivity index is 2.23. The largest absolute Gasteiger partial charge is 0.469 e. The zero-order valence-corrected chi connectivity index (χ0v) is 18.8. The second kappa shape index (κ2) is 12.6. The molecule has 32 heavy (non-hydrogen) atoms. The van der Waals surface area contributed by atoms with Gasteiger partial charge in [0.1, 0.15) is 6.61 Å². The summed E-state index contributed by atoms with van der Waals surface area (Å²) in [6.07, 6.45) is -0.804. The lowest BCUT2D eigenvalue weighted by molar-refractivity contribution is -0.163. The molecule has 0 saturated carbocycles. The van der Waals surface area contributed by atoms with Crippen LogP contribution >= 0.6 is 0 Å². The fourth-order valence-electron chi connectivity index (χ4n) is 3.34. The number of amides is 1. The number of ether oxygens (including phenoxy) is 2. The van der Waals surface area contributed by atoms with E-state index in [1.807, 2.05) is 60.7 Å². The van der Waals surface area contributed by atoms with E-state index in [0.717, 1.165) is 11.1 Å². The maximum atomic E-state index is 13.3. The lowest BCUT2D eigenvalue weighted by atomic mass is 10.0. The number of hydrogen-bond donors (Lipinski definition) is 1. The molecule has 3 atom stereocenters. The van der Waals surface area contributed by atoms with Gasteiger partial charge in [0.15, 0.2) is 6.04 Å². The van der Waals surface area contributed by atoms with Crippen molar-refractivity contribution in [2.24, 2.45) is 5.92 Å². The predicted octanol–water partition coefficient (Wildman–Crippen LogP) is 3.10. The summed E-state index contributed by atoms with van der Waals surface area (Å²) < 4.78 is 10.1. The standard InChI is InChI=1S/C25H31NO6/c1-18(14-15-22(28)31-3)24(29)26(16-20-10-6-4-7-11-20)23(19(2)27)25(30)32-17-21-12-8-5-9-13-21/h4-13,18-19,23,27H,14-17H2,1-3H3/t18?,19-,23+/m1/s1. The van der Waals surface area contributed by atoms with Crippen LogP contribution in [0.2, 0.25) is 0 Å². The van der Waals surface area contributed by atoms with E-state index in [-0.39, 0.29) is 31.9 Å². The summed E-state index contributed by atoms with van der Waals surface area (Å²) in [6, 6.07) is 17.2. The number of esters is 2. The molecule has 1 unspecified atom stereocenters. The van der Waals surface area contributed by atoms with Crippen molar-refractivity contribution >= 4 is 17.8 Å². The number of methoxy groups -OCH3 is 1. The van der Waals surface area contributed by atoms with Crippen molar-refractivity contribution in [1.29, 1.82) is 0 Å². The van der Waals surface area contributed by atoms with E-state index in [9.17, 15) is 19.5 Å². The van der Waals surface area contributed by atoms with Crippen LogP contribution in [0.1, 0.15) is 37.8 Å². The van der Waals surface area contributed by atoms with Crippen LogP contribution in [0.5, 0.6) is 0 Å². The van der Waals surface area contributed by atoms with Gasteiger partial charge in [0.2, 0.25) is 5.91 Å². The summed E-state index contributed by atoms with van der Waals surface area (Å²) in [7, 11) is 1.29. The molecule has 0 aliphatic carbocycles. The molecule has 0 heterocycles.